The van der Waals surface area contributed by atoms with E-state index in [1.54, 1.807) is 0 Å². The van der Waals surface area contributed by atoms with E-state index in [2.05, 4.69) is 23.5 Å². The topological polar surface area (TPSA) is 39.1 Å². The molecule has 4 nitrogen and oxygen atoms in total. The van der Waals surface area contributed by atoms with E-state index in [-0.39, 0.29) is 6.10 Å². The van der Waals surface area contributed by atoms with Gasteiger partial charge >= 0.3 is 0 Å². The number of morpholine rings is 1. The molecule has 0 aliphatic carbocycles. The largest absolute Gasteiger partial charge is 0.374 e. The first-order chi connectivity index (χ1) is 6.75. The maximum Gasteiger partial charge on any atom is 0.0895 e. The Balaban J connectivity index is 1.95. The standard InChI is InChI=1S/C10H17N3O/c1-8-6-13(12-9(8)2)7-10-5-11-3-4-14-10/h6,10-11H,3-5,7H2,1-2H3/t10-/m1/s1. The van der Waals surface area contributed by atoms with Crippen LogP contribution in [-0.2, 0) is 11.3 Å². The lowest BCUT2D eigenvalue weighted by Gasteiger charge is -2.23. The fourth-order valence-electron chi connectivity index (χ4n) is 1.66. The highest BCUT2D eigenvalue weighted by molar-refractivity contribution is 5.12. The number of nitrogens with zero attached hydrogens (tertiary/aromatic N) is 2. The van der Waals surface area contributed by atoms with Crippen molar-refractivity contribution in [1.82, 2.24) is 15.1 Å². The van der Waals surface area contributed by atoms with E-state index in [1.807, 2.05) is 11.6 Å². The molecule has 1 aliphatic heterocycles. The second-order valence-corrected chi connectivity index (χ2v) is 3.82. The van der Waals surface area contributed by atoms with Gasteiger partial charge in [0, 0.05) is 19.3 Å². The quantitative estimate of drug-likeness (QED) is 0.746. The molecule has 0 spiro atoms. The molecule has 1 atom stereocenters. The minimum absolute atomic E-state index is 0.266. The predicted molar refractivity (Wildman–Crippen MR) is 54.3 cm³/mol. The van der Waals surface area contributed by atoms with Gasteiger partial charge in [-0.2, -0.15) is 5.10 Å². The van der Waals surface area contributed by atoms with E-state index in [0.717, 1.165) is 31.9 Å². The lowest BCUT2D eigenvalue weighted by Crippen LogP contribution is -2.40. The first-order valence-corrected chi connectivity index (χ1v) is 5.08. The molecule has 1 fully saturated rings. The Kier molecular flexibility index (Phi) is 2.84. The van der Waals surface area contributed by atoms with E-state index in [9.17, 15) is 0 Å². The van der Waals surface area contributed by atoms with Gasteiger partial charge in [-0.1, -0.05) is 0 Å². The van der Waals surface area contributed by atoms with Crippen LogP contribution in [0.5, 0.6) is 0 Å². The van der Waals surface area contributed by atoms with Crippen LogP contribution in [0.3, 0.4) is 0 Å². The second-order valence-electron chi connectivity index (χ2n) is 3.82. The Morgan fingerprint density at radius 3 is 3.07 bits per heavy atom. The molecule has 0 radical (unpaired) electrons. The van der Waals surface area contributed by atoms with Gasteiger partial charge in [-0.3, -0.25) is 4.68 Å². The number of hydrogen-bond acceptors (Lipinski definition) is 3. The van der Waals surface area contributed by atoms with Crippen LogP contribution in [0.15, 0.2) is 6.20 Å². The van der Waals surface area contributed by atoms with E-state index >= 15 is 0 Å². The fraction of sp³-hybridized carbons (Fsp3) is 0.700. The SMILES string of the molecule is Cc1cn(C[C@H]2CNCCO2)nc1C. The zero-order valence-corrected chi connectivity index (χ0v) is 8.79. The van der Waals surface area contributed by atoms with Crippen molar-refractivity contribution in [1.29, 1.82) is 0 Å². The summed E-state index contributed by atoms with van der Waals surface area (Å²) in [6, 6.07) is 0. The highest BCUT2D eigenvalue weighted by Gasteiger charge is 2.14. The van der Waals surface area contributed by atoms with E-state index < -0.39 is 0 Å². The fourth-order valence-corrected chi connectivity index (χ4v) is 1.66. The maximum atomic E-state index is 5.61. The van der Waals surface area contributed by atoms with Gasteiger partial charge in [-0.25, -0.2) is 0 Å². The number of ether oxygens (including phenoxy) is 1. The molecule has 0 aromatic carbocycles. The molecule has 1 aromatic rings. The summed E-state index contributed by atoms with van der Waals surface area (Å²) in [6.07, 6.45) is 2.34. The molecule has 1 aliphatic rings. The van der Waals surface area contributed by atoms with E-state index in [4.69, 9.17) is 4.74 Å². The van der Waals surface area contributed by atoms with Crippen LogP contribution in [0, 0.1) is 13.8 Å². The Labute approximate surface area is 84.3 Å². The van der Waals surface area contributed by atoms with E-state index in [0.29, 0.717) is 0 Å². The van der Waals surface area contributed by atoms with Crippen molar-refractivity contribution < 1.29 is 4.74 Å². The zero-order chi connectivity index (χ0) is 9.97. The van der Waals surface area contributed by atoms with Crippen molar-refractivity contribution >= 4 is 0 Å². The number of aromatic nitrogens is 2. The van der Waals surface area contributed by atoms with Gasteiger partial charge in [-0.05, 0) is 19.4 Å². The Hall–Kier alpha value is -0.870. The van der Waals surface area contributed by atoms with Gasteiger partial charge in [-0.15, -0.1) is 0 Å². The Bertz CT molecular complexity index is 283. The van der Waals surface area contributed by atoms with Crippen LogP contribution in [0.4, 0.5) is 0 Å². The summed E-state index contributed by atoms with van der Waals surface area (Å²) in [5.41, 5.74) is 2.35. The van der Waals surface area contributed by atoms with Crippen LogP contribution in [0.1, 0.15) is 11.3 Å². The van der Waals surface area contributed by atoms with Gasteiger partial charge in [0.2, 0.25) is 0 Å². The molecule has 0 amide bonds. The average molecular weight is 195 g/mol. The average Bonchev–Trinajstić information content (AvgIpc) is 2.47. The highest BCUT2D eigenvalue weighted by Crippen LogP contribution is 2.05. The summed E-state index contributed by atoms with van der Waals surface area (Å²) in [7, 11) is 0. The molecule has 0 saturated carbocycles. The van der Waals surface area contributed by atoms with Crippen LogP contribution >= 0.6 is 0 Å². The molecule has 0 bridgehead atoms. The molecule has 14 heavy (non-hydrogen) atoms. The summed E-state index contributed by atoms with van der Waals surface area (Å²) in [4.78, 5) is 0. The number of aryl methyl sites for hydroxylation is 2. The molecule has 1 N–H and O–H groups in total. The third kappa shape index (κ3) is 2.13. The number of hydrogen-bond donors (Lipinski definition) is 1. The summed E-state index contributed by atoms with van der Waals surface area (Å²) >= 11 is 0. The normalized spacial score (nSPS) is 22.6. The van der Waals surface area contributed by atoms with Crippen LogP contribution < -0.4 is 5.32 Å². The summed E-state index contributed by atoms with van der Waals surface area (Å²) < 4.78 is 7.58. The van der Waals surface area contributed by atoms with Crippen molar-refractivity contribution in [2.75, 3.05) is 19.7 Å². The van der Waals surface area contributed by atoms with Crippen molar-refractivity contribution in [2.24, 2.45) is 0 Å². The molecular formula is C10H17N3O. The molecule has 0 unspecified atom stereocenters. The van der Waals surface area contributed by atoms with Crippen molar-refractivity contribution in [3.63, 3.8) is 0 Å². The predicted octanol–water partition coefficient (Wildman–Crippen LogP) is 0.488. The highest BCUT2D eigenvalue weighted by atomic mass is 16.5. The molecular weight excluding hydrogens is 178 g/mol. The molecule has 1 aromatic heterocycles. The molecule has 2 rings (SSSR count). The van der Waals surface area contributed by atoms with Crippen LogP contribution in [-0.4, -0.2) is 35.6 Å². The summed E-state index contributed by atoms with van der Waals surface area (Å²) in [5.74, 6) is 0. The van der Waals surface area contributed by atoms with Crippen LogP contribution in [0.25, 0.3) is 0 Å². The lowest BCUT2D eigenvalue weighted by atomic mass is 10.3. The van der Waals surface area contributed by atoms with Crippen LogP contribution in [0.2, 0.25) is 0 Å². The first-order valence-electron chi connectivity index (χ1n) is 5.08. The lowest BCUT2D eigenvalue weighted by molar-refractivity contribution is 0.0161. The van der Waals surface area contributed by atoms with Crippen molar-refractivity contribution in [3.8, 4) is 0 Å². The Morgan fingerprint density at radius 1 is 1.64 bits per heavy atom. The van der Waals surface area contributed by atoms with Crippen molar-refractivity contribution in [3.05, 3.63) is 17.5 Å². The minimum atomic E-state index is 0.266. The first kappa shape index (κ1) is 9.68. The van der Waals surface area contributed by atoms with Crippen molar-refractivity contribution in [2.45, 2.75) is 26.5 Å². The summed E-state index contributed by atoms with van der Waals surface area (Å²) in [6.45, 7) is 7.67. The second kappa shape index (κ2) is 4.11. The third-order valence-corrected chi connectivity index (χ3v) is 2.59. The molecule has 2 heterocycles. The van der Waals surface area contributed by atoms with E-state index in [1.165, 1.54) is 5.56 Å². The minimum Gasteiger partial charge on any atom is -0.374 e. The summed E-state index contributed by atoms with van der Waals surface area (Å²) in [5, 5.41) is 7.72. The maximum absolute atomic E-state index is 5.61. The molecule has 1 saturated heterocycles. The number of rotatable bonds is 2. The van der Waals surface area contributed by atoms with Gasteiger partial charge in [0.05, 0.1) is 24.9 Å². The van der Waals surface area contributed by atoms with Gasteiger partial charge < -0.3 is 10.1 Å². The third-order valence-electron chi connectivity index (χ3n) is 2.59. The smallest absolute Gasteiger partial charge is 0.0895 e. The zero-order valence-electron chi connectivity index (χ0n) is 8.79. The monoisotopic (exact) mass is 195 g/mol. The Morgan fingerprint density at radius 2 is 2.50 bits per heavy atom. The molecule has 4 heteroatoms. The van der Waals surface area contributed by atoms with Gasteiger partial charge in [0.25, 0.3) is 0 Å². The number of nitrogens with one attached hydrogen (secondary N) is 1. The molecule has 78 valence electrons. The van der Waals surface area contributed by atoms with Gasteiger partial charge in [0.15, 0.2) is 0 Å². The van der Waals surface area contributed by atoms with Gasteiger partial charge in [0.1, 0.15) is 0 Å².